The molecule has 0 bridgehead atoms. The summed E-state index contributed by atoms with van der Waals surface area (Å²) in [4.78, 5) is 0. The molecular formula is C15H12BrClO2. The fourth-order valence-electron chi connectivity index (χ4n) is 2.35. The van der Waals surface area contributed by atoms with Gasteiger partial charge >= 0.3 is 0 Å². The van der Waals surface area contributed by atoms with E-state index in [0.29, 0.717) is 11.4 Å². The molecule has 3 rings (SSSR count). The van der Waals surface area contributed by atoms with E-state index in [1.54, 1.807) is 0 Å². The molecule has 98 valence electrons. The van der Waals surface area contributed by atoms with Crippen molar-refractivity contribution >= 4 is 27.5 Å². The zero-order valence-corrected chi connectivity index (χ0v) is 12.4. The molecule has 2 aromatic rings. The minimum absolute atomic E-state index is 0.217. The lowest BCUT2D eigenvalue weighted by Gasteiger charge is -2.30. The first-order chi connectivity index (χ1) is 9.15. The summed E-state index contributed by atoms with van der Waals surface area (Å²) in [5, 5.41) is 10.9. The highest BCUT2D eigenvalue weighted by atomic mass is 79.9. The molecule has 1 aliphatic heterocycles. The number of benzene rings is 2. The molecule has 0 aromatic heterocycles. The lowest BCUT2D eigenvalue weighted by molar-refractivity contribution is 0.0658. The first-order valence-corrected chi connectivity index (χ1v) is 7.21. The first-order valence-electron chi connectivity index (χ1n) is 6.04. The minimum atomic E-state index is -0.519. The Labute approximate surface area is 125 Å². The van der Waals surface area contributed by atoms with Gasteiger partial charge < -0.3 is 9.84 Å². The molecule has 19 heavy (non-hydrogen) atoms. The normalized spacial score (nSPS) is 21.6. The summed E-state index contributed by atoms with van der Waals surface area (Å²) in [6.07, 6.45) is -0.224. The van der Waals surface area contributed by atoms with E-state index in [9.17, 15) is 5.11 Å². The topological polar surface area (TPSA) is 29.5 Å². The van der Waals surface area contributed by atoms with Crippen molar-refractivity contribution in [3.8, 4) is 5.75 Å². The third-order valence-electron chi connectivity index (χ3n) is 3.29. The second-order valence-electron chi connectivity index (χ2n) is 4.56. The molecule has 0 aliphatic carbocycles. The molecule has 0 saturated carbocycles. The van der Waals surface area contributed by atoms with Gasteiger partial charge in [-0.05, 0) is 18.2 Å². The van der Waals surface area contributed by atoms with E-state index < -0.39 is 6.10 Å². The molecule has 1 N–H and O–H groups in total. The Hall–Kier alpha value is -1.03. The van der Waals surface area contributed by atoms with Crippen molar-refractivity contribution in [2.24, 2.45) is 0 Å². The van der Waals surface area contributed by atoms with Crippen LogP contribution in [0.15, 0.2) is 46.9 Å². The Morgan fingerprint density at radius 2 is 1.95 bits per heavy atom. The fourth-order valence-corrected chi connectivity index (χ4v) is 3.14. The molecule has 0 radical (unpaired) electrons. The molecule has 0 fully saturated rings. The van der Waals surface area contributed by atoms with Crippen LogP contribution in [0.3, 0.4) is 0 Å². The Kier molecular flexibility index (Phi) is 3.52. The number of aliphatic hydroxyl groups is 1. The van der Waals surface area contributed by atoms with Gasteiger partial charge in [0, 0.05) is 27.0 Å². The van der Waals surface area contributed by atoms with Crippen LogP contribution >= 0.6 is 27.5 Å². The highest BCUT2D eigenvalue weighted by Gasteiger charge is 2.28. The van der Waals surface area contributed by atoms with Crippen LogP contribution in [0.4, 0.5) is 0 Å². The lowest BCUT2D eigenvalue weighted by Crippen LogP contribution is -2.19. The van der Waals surface area contributed by atoms with Crippen LogP contribution in [0.25, 0.3) is 0 Å². The number of aliphatic hydroxyl groups excluding tert-OH is 1. The molecule has 4 heteroatoms. The monoisotopic (exact) mass is 338 g/mol. The SMILES string of the molecule is OC1CC(c2ccc(Br)cc2Cl)Oc2ccccc21. The van der Waals surface area contributed by atoms with Crippen LogP contribution in [0.5, 0.6) is 5.75 Å². The molecule has 2 nitrogen and oxygen atoms in total. The maximum absolute atomic E-state index is 10.2. The maximum atomic E-state index is 10.2. The smallest absolute Gasteiger partial charge is 0.128 e. The highest BCUT2D eigenvalue weighted by molar-refractivity contribution is 9.10. The number of para-hydroxylation sites is 1. The van der Waals surface area contributed by atoms with Gasteiger partial charge in [-0.2, -0.15) is 0 Å². The van der Waals surface area contributed by atoms with Crippen molar-refractivity contribution in [1.29, 1.82) is 0 Å². The number of ether oxygens (including phenoxy) is 1. The minimum Gasteiger partial charge on any atom is -0.485 e. The van der Waals surface area contributed by atoms with Crippen molar-refractivity contribution in [1.82, 2.24) is 0 Å². The van der Waals surface area contributed by atoms with Crippen molar-refractivity contribution in [2.45, 2.75) is 18.6 Å². The molecule has 0 amide bonds. The predicted octanol–water partition coefficient (Wildman–Crippen LogP) is 4.66. The van der Waals surface area contributed by atoms with Crippen molar-refractivity contribution < 1.29 is 9.84 Å². The van der Waals surface area contributed by atoms with Gasteiger partial charge in [0.1, 0.15) is 11.9 Å². The Bertz CT molecular complexity index is 615. The highest BCUT2D eigenvalue weighted by Crippen LogP contribution is 2.42. The summed E-state index contributed by atoms with van der Waals surface area (Å²) in [6.45, 7) is 0. The third kappa shape index (κ3) is 2.50. The predicted molar refractivity (Wildman–Crippen MR) is 78.5 cm³/mol. The number of fused-ring (bicyclic) bond motifs is 1. The fraction of sp³-hybridized carbons (Fsp3) is 0.200. The summed E-state index contributed by atoms with van der Waals surface area (Å²) in [5.74, 6) is 0.727. The average molecular weight is 340 g/mol. The molecular weight excluding hydrogens is 328 g/mol. The number of hydrogen-bond acceptors (Lipinski definition) is 2. The van der Waals surface area contributed by atoms with Crippen LogP contribution in [0.1, 0.15) is 29.8 Å². The van der Waals surface area contributed by atoms with Crippen LogP contribution in [0, 0.1) is 0 Å². The van der Waals surface area contributed by atoms with Gasteiger partial charge in [0.05, 0.1) is 6.10 Å². The quantitative estimate of drug-likeness (QED) is 0.819. The Morgan fingerprint density at radius 3 is 2.74 bits per heavy atom. The van der Waals surface area contributed by atoms with Gasteiger partial charge in [0.25, 0.3) is 0 Å². The number of hydrogen-bond donors (Lipinski definition) is 1. The third-order valence-corrected chi connectivity index (χ3v) is 4.11. The van der Waals surface area contributed by atoms with E-state index in [1.807, 2.05) is 42.5 Å². The van der Waals surface area contributed by atoms with E-state index in [1.165, 1.54) is 0 Å². The molecule has 0 saturated heterocycles. The van der Waals surface area contributed by atoms with Crippen LogP contribution in [0.2, 0.25) is 5.02 Å². The van der Waals surface area contributed by atoms with Crippen molar-refractivity contribution in [3.63, 3.8) is 0 Å². The first kappa shape index (κ1) is 13.0. The zero-order valence-electron chi connectivity index (χ0n) is 10.0. The van der Waals surface area contributed by atoms with Gasteiger partial charge in [0.15, 0.2) is 0 Å². The van der Waals surface area contributed by atoms with Gasteiger partial charge in [0.2, 0.25) is 0 Å². The van der Waals surface area contributed by atoms with Gasteiger partial charge in [-0.25, -0.2) is 0 Å². The summed E-state index contributed by atoms with van der Waals surface area (Å²) >= 11 is 9.63. The second kappa shape index (κ2) is 5.16. The lowest BCUT2D eigenvalue weighted by atomic mass is 9.95. The van der Waals surface area contributed by atoms with Crippen molar-refractivity contribution in [3.05, 3.63) is 63.1 Å². The molecule has 2 aromatic carbocycles. The van der Waals surface area contributed by atoms with Gasteiger partial charge in [-0.15, -0.1) is 0 Å². The van der Waals surface area contributed by atoms with Gasteiger partial charge in [-0.3, -0.25) is 0 Å². The Balaban J connectivity index is 1.97. The van der Waals surface area contributed by atoms with E-state index in [4.69, 9.17) is 16.3 Å². The summed E-state index contributed by atoms with van der Waals surface area (Å²) < 4.78 is 6.88. The molecule has 2 atom stereocenters. The van der Waals surface area contributed by atoms with Gasteiger partial charge in [-0.1, -0.05) is 51.8 Å². The van der Waals surface area contributed by atoms with Crippen LogP contribution in [-0.2, 0) is 0 Å². The summed E-state index contributed by atoms with van der Waals surface area (Å²) in [7, 11) is 0. The Morgan fingerprint density at radius 1 is 1.16 bits per heavy atom. The van der Waals surface area contributed by atoms with E-state index in [0.717, 1.165) is 21.3 Å². The molecule has 0 spiro atoms. The number of halogens is 2. The summed E-state index contributed by atoms with van der Waals surface area (Å²) in [6, 6.07) is 13.3. The largest absolute Gasteiger partial charge is 0.485 e. The van der Waals surface area contributed by atoms with E-state index in [-0.39, 0.29) is 6.10 Å². The molecule has 2 unspecified atom stereocenters. The van der Waals surface area contributed by atoms with E-state index in [2.05, 4.69) is 15.9 Å². The van der Waals surface area contributed by atoms with Crippen LogP contribution < -0.4 is 4.74 Å². The molecule has 1 heterocycles. The summed E-state index contributed by atoms with van der Waals surface area (Å²) in [5.41, 5.74) is 1.74. The standard InChI is InChI=1S/C15H12BrClO2/c16-9-5-6-10(12(17)7-9)15-8-13(18)11-3-1-2-4-14(11)19-15/h1-7,13,15,18H,8H2. The van der Waals surface area contributed by atoms with E-state index >= 15 is 0 Å². The average Bonchev–Trinajstić information content (AvgIpc) is 2.38. The second-order valence-corrected chi connectivity index (χ2v) is 5.88. The van der Waals surface area contributed by atoms with Crippen molar-refractivity contribution in [2.75, 3.05) is 0 Å². The maximum Gasteiger partial charge on any atom is 0.128 e. The molecule has 1 aliphatic rings. The number of rotatable bonds is 1. The zero-order chi connectivity index (χ0) is 13.4. The van der Waals surface area contributed by atoms with Crippen LogP contribution in [-0.4, -0.2) is 5.11 Å².